The van der Waals surface area contributed by atoms with Crippen molar-refractivity contribution in [3.05, 3.63) is 41.4 Å². The van der Waals surface area contributed by atoms with Gasteiger partial charge in [-0.25, -0.2) is 4.98 Å². The average molecular weight is 331 g/mol. The van der Waals surface area contributed by atoms with E-state index in [0.717, 1.165) is 11.3 Å². The minimum absolute atomic E-state index is 0.431. The molecular formula is C16H15ClN4O2. The molecule has 0 atom stereocenters. The molecule has 0 saturated carbocycles. The van der Waals surface area contributed by atoms with Crippen LogP contribution in [0, 0.1) is 0 Å². The number of nitrogens with two attached hydrogens (primary N) is 1. The number of hydrogen-bond donors (Lipinski definition) is 2. The van der Waals surface area contributed by atoms with E-state index in [1.54, 1.807) is 26.4 Å². The highest BCUT2D eigenvalue weighted by molar-refractivity contribution is 6.33. The molecule has 0 saturated heterocycles. The Kier molecular flexibility index (Phi) is 4.08. The van der Waals surface area contributed by atoms with E-state index in [0.29, 0.717) is 33.7 Å². The molecule has 0 amide bonds. The smallest absolute Gasteiger partial charge is 0.181 e. The summed E-state index contributed by atoms with van der Waals surface area (Å²) in [7, 11) is 3.18. The molecule has 2 aromatic carbocycles. The minimum Gasteiger partial charge on any atom is -0.497 e. The van der Waals surface area contributed by atoms with Crippen LogP contribution in [0.2, 0.25) is 5.02 Å². The third kappa shape index (κ3) is 2.93. The van der Waals surface area contributed by atoms with Crippen LogP contribution >= 0.6 is 11.6 Å². The van der Waals surface area contributed by atoms with Crippen LogP contribution in [0.3, 0.4) is 0 Å². The summed E-state index contributed by atoms with van der Waals surface area (Å²) in [5.41, 5.74) is 7.77. The number of aromatic nitrogens is 3. The molecule has 23 heavy (non-hydrogen) atoms. The lowest BCUT2D eigenvalue weighted by Crippen LogP contribution is -1.94. The number of hydrogen-bond acceptors (Lipinski definition) is 5. The SMILES string of the molecule is COc1cccc(-c2n[nH]c(-c3cc(Cl)c(N)cc3OC)n2)c1. The largest absolute Gasteiger partial charge is 0.497 e. The normalized spacial score (nSPS) is 10.6. The van der Waals surface area contributed by atoms with Crippen LogP contribution in [0.25, 0.3) is 22.8 Å². The van der Waals surface area contributed by atoms with E-state index < -0.39 is 0 Å². The fourth-order valence-electron chi connectivity index (χ4n) is 2.20. The van der Waals surface area contributed by atoms with E-state index >= 15 is 0 Å². The first-order valence-corrected chi connectivity index (χ1v) is 7.20. The Hall–Kier alpha value is -2.73. The molecule has 6 nitrogen and oxygen atoms in total. The Labute approximate surface area is 138 Å². The second kappa shape index (κ2) is 6.18. The highest BCUT2D eigenvalue weighted by Crippen LogP contribution is 2.35. The number of halogens is 1. The van der Waals surface area contributed by atoms with E-state index in [1.165, 1.54) is 0 Å². The van der Waals surface area contributed by atoms with Crippen molar-refractivity contribution in [1.29, 1.82) is 0 Å². The van der Waals surface area contributed by atoms with Crippen molar-refractivity contribution in [2.24, 2.45) is 0 Å². The van der Waals surface area contributed by atoms with Gasteiger partial charge in [-0.3, -0.25) is 5.10 Å². The lowest BCUT2D eigenvalue weighted by Gasteiger charge is -2.08. The van der Waals surface area contributed by atoms with Gasteiger partial charge in [-0.1, -0.05) is 23.7 Å². The predicted molar refractivity (Wildman–Crippen MR) is 89.8 cm³/mol. The van der Waals surface area contributed by atoms with Crippen molar-refractivity contribution >= 4 is 17.3 Å². The van der Waals surface area contributed by atoms with Gasteiger partial charge in [0.2, 0.25) is 0 Å². The maximum atomic E-state index is 6.10. The van der Waals surface area contributed by atoms with Crippen LogP contribution in [0.4, 0.5) is 5.69 Å². The number of rotatable bonds is 4. The zero-order valence-corrected chi connectivity index (χ0v) is 13.4. The fourth-order valence-corrected chi connectivity index (χ4v) is 2.36. The van der Waals surface area contributed by atoms with Crippen molar-refractivity contribution in [2.75, 3.05) is 20.0 Å². The monoisotopic (exact) mass is 330 g/mol. The van der Waals surface area contributed by atoms with Crippen molar-refractivity contribution in [2.45, 2.75) is 0 Å². The number of methoxy groups -OCH3 is 2. The highest BCUT2D eigenvalue weighted by atomic mass is 35.5. The molecule has 0 unspecified atom stereocenters. The summed E-state index contributed by atoms with van der Waals surface area (Å²) in [6.45, 7) is 0. The van der Waals surface area contributed by atoms with Gasteiger partial charge in [-0.05, 0) is 18.2 Å². The molecule has 0 spiro atoms. The number of nitrogens with zero attached hydrogens (tertiary/aromatic N) is 2. The molecule has 1 heterocycles. The van der Waals surface area contributed by atoms with Crippen molar-refractivity contribution in [3.63, 3.8) is 0 Å². The molecule has 0 bridgehead atoms. The first-order chi connectivity index (χ1) is 11.1. The number of H-pyrrole nitrogens is 1. The molecule has 3 aromatic rings. The van der Waals surface area contributed by atoms with Gasteiger partial charge in [-0.2, -0.15) is 5.10 Å². The third-order valence-electron chi connectivity index (χ3n) is 3.39. The van der Waals surface area contributed by atoms with Crippen LogP contribution in [0.5, 0.6) is 11.5 Å². The Balaban J connectivity index is 2.04. The molecule has 118 valence electrons. The molecule has 0 aliphatic rings. The van der Waals surface area contributed by atoms with Crippen molar-refractivity contribution in [3.8, 4) is 34.3 Å². The number of nitrogen functional groups attached to an aromatic ring is 1. The Bertz CT molecular complexity index is 848. The number of aromatic amines is 1. The highest BCUT2D eigenvalue weighted by Gasteiger charge is 2.14. The van der Waals surface area contributed by atoms with Crippen LogP contribution in [-0.2, 0) is 0 Å². The summed E-state index contributed by atoms with van der Waals surface area (Å²) in [6.07, 6.45) is 0. The molecule has 3 N–H and O–H groups in total. The van der Waals surface area contributed by atoms with Crippen LogP contribution in [-0.4, -0.2) is 29.4 Å². The van der Waals surface area contributed by atoms with E-state index in [-0.39, 0.29) is 0 Å². The molecule has 3 rings (SSSR count). The van der Waals surface area contributed by atoms with Crippen LogP contribution < -0.4 is 15.2 Å². The lowest BCUT2D eigenvalue weighted by atomic mass is 10.1. The summed E-state index contributed by atoms with van der Waals surface area (Å²) < 4.78 is 10.6. The van der Waals surface area contributed by atoms with Gasteiger partial charge in [0.1, 0.15) is 11.5 Å². The first kappa shape index (κ1) is 15.2. The Morgan fingerprint density at radius 3 is 2.70 bits per heavy atom. The summed E-state index contributed by atoms with van der Waals surface area (Å²) >= 11 is 6.10. The van der Waals surface area contributed by atoms with Crippen molar-refractivity contribution < 1.29 is 9.47 Å². The predicted octanol–water partition coefficient (Wildman–Crippen LogP) is 3.39. The second-order valence-electron chi connectivity index (χ2n) is 4.81. The fraction of sp³-hybridized carbons (Fsp3) is 0.125. The number of ether oxygens (including phenoxy) is 2. The number of anilines is 1. The van der Waals surface area contributed by atoms with E-state index in [1.807, 2.05) is 24.3 Å². The molecule has 7 heteroatoms. The van der Waals surface area contributed by atoms with Gasteiger partial charge in [-0.15, -0.1) is 0 Å². The Morgan fingerprint density at radius 2 is 1.96 bits per heavy atom. The maximum Gasteiger partial charge on any atom is 0.181 e. The average Bonchev–Trinajstić information content (AvgIpc) is 3.07. The molecule has 0 fully saturated rings. The topological polar surface area (TPSA) is 86.0 Å². The first-order valence-electron chi connectivity index (χ1n) is 6.82. The van der Waals surface area contributed by atoms with Gasteiger partial charge in [0.25, 0.3) is 0 Å². The molecular weight excluding hydrogens is 316 g/mol. The van der Waals surface area contributed by atoms with Gasteiger partial charge in [0, 0.05) is 11.6 Å². The summed E-state index contributed by atoms with van der Waals surface area (Å²) in [4.78, 5) is 4.50. The zero-order chi connectivity index (χ0) is 16.4. The quantitative estimate of drug-likeness (QED) is 0.716. The molecule has 0 aliphatic carbocycles. The minimum atomic E-state index is 0.431. The second-order valence-corrected chi connectivity index (χ2v) is 5.22. The summed E-state index contributed by atoms with van der Waals surface area (Å²) in [6, 6.07) is 10.9. The molecule has 0 aliphatic heterocycles. The zero-order valence-electron chi connectivity index (χ0n) is 12.6. The van der Waals surface area contributed by atoms with Crippen LogP contribution in [0.1, 0.15) is 0 Å². The van der Waals surface area contributed by atoms with E-state index in [4.69, 9.17) is 26.8 Å². The summed E-state index contributed by atoms with van der Waals surface area (Å²) in [5.74, 6) is 2.40. The Morgan fingerprint density at radius 1 is 1.13 bits per heavy atom. The van der Waals surface area contributed by atoms with Crippen molar-refractivity contribution in [1.82, 2.24) is 15.2 Å². The maximum absolute atomic E-state index is 6.10. The number of nitrogens with one attached hydrogen (secondary N) is 1. The summed E-state index contributed by atoms with van der Waals surface area (Å²) in [5, 5.41) is 7.57. The van der Waals surface area contributed by atoms with Gasteiger partial charge < -0.3 is 15.2 Å². The molecule has 0 radical (unpaired) electrons. The standard InChI is InChI=1S/C16H15ClN4O2/c1-22-10-5-3-4-9(6-10)15-19-16(21-20-15)11-7-12(17)13(18)8-14(11)23-2/h3-8H,18H2,1-2H3,(H,19,20,21). The molecule has 1 aromatic heterocycles. The van der Waals surface area contributed by atoms with Gasteiger partial charge in [0.15, 0.2) is 11.6 Å². The van der Waals surface area contributed by atoms with E-state index in [2.05, 4.69) is 15.2 Å². The van der Waals surface area contributed by atoms with Gasteiger partial charge >= 0.3 is 0 Å². The number of benzene rings is 2. The third-order valence-corrected chi connectivity index (χ3v) is 3.71. The van der Waals surface area contributed by atoms with E-state index in [9.17, 15) is 0 Å². The lowest BCUT2D eigenvalue weighted by molar-refractivity contribution is 0.415. The van der Waals surface area contributed by atoms with Crippen LogP contribution in [0.15, 0.2) is 36.4 Å². The van der Waals surface area contributed by atoms with Gasteiger partial charge in [0.05, 0.1) is 30.5 Å².